The Labute approximate surface area is 174 Å². The highest BCUT2D eigenvalue weighted by atomic mass is 127. The smallest absolute Gasteiger partial charge is 0.193 e. The minimum Gasteiger partial charge on any atom is -0.492 e. The Morgan fingerprint density at radius 1 is 1.23 bits per heavy atom. The highest BCUT2D eigenvalue weighted by Crippen LogP contribution is 2.16. The highest BCUT2D eigenvalue weighted by molar-refractivity contribution is 14.0. The predicted octanol–water partition coefficient (Wildman–Crippen LogP) is 2.55. The van der Waals surface area contributed by atoms with Crippen LogP contribution in [0, 0.1) is 12.8 Å². The van der Waals surface area contributed by atoms with Gasteiger partial charge in [0.25, 0.3) is 0 Å². The van der Waals surface area contributed by atoms with Crippen molar-refractivity contribution in [3.63, 3.8) is 0 Å². The molecule has 1 atom stereocenters. The second kappa shape index (κ2) is 13.2. The Hall–Kier alpha value is -1.06. The molecule has 2 rings (SSSR count). The molecular weight excluding hydrogens is 445 g/mol. The number of methoxy groups -OCH3 is 1. The minimum atomic E-state index is 0. The highest BCUT2D eigenvalue weighted by Gasteiger charge is 2.24. The van der Waals surface area contributed by atoms with Crippen LogP contribution in [0.25, 0.3) is 0 Å². The maximum atomic E-state index is 5.75. The van der Waals surface area contributed by atoms with E-state index in [9.17, 15) is 0 Å². The van der Waals surface area contributed by atoms with Gasteiger partial charge in [0.1, 0.15) is 12.4 Å². The van der Waals surface area contributed by atoms with E-state index in [2.05, 4.69) is 34.3 Å². The van der Waals surface area contributed by atoms with Gasteiger partial charge in [-0.3, -0.25) is 4.99 Å². The summed E-state index contributed by atoms with van der Waals surface area (Å²) >= 11 is 0. The number of hydrogen-bond acceptors (Lipinski definition) is 4. The number of ether oxygens (including phenoxy) is 3. The molecule has 1 aromatic carbocycles. The zero-order valence-corrected chi connectivity index (χ0v) is 18.4. The molecule has 7 heteroatoms. The molecule has 1 aliphatic rings. The molecule has 0 radical (unpaired) electrons. The van der Waals surface area contributed by atoms with Gasteiger partial charge in [-0.2, -0.15) is 0 Å². The minimum absolute atomic E-state index is 0. The number of aryl methyl sites for hydroxylation is 1. The summed E-state index contributed by atoms with van der Waals surface area (Å²) < 4.78 is 16.4. The number of hydrogen-bond donors (Lipinski definition) is 1. The summed E-state index contributed by atoms with van der Waals surface area (Å²) in [6, 6.07) is 8.11. The zero-order chi connectivity index (χ0) is 17.9. The van der Waals surface area contributed by atoms with E-state index in [-0.39, 0.29) is 24.0 Å². The van der Waals surface area contributed by atoms with E-state index in [1.807, 2.05) is 19.2 Å². The van der Waals surface area contributed by atoms with Crippen molar-refractivity contribution in [2.75, 3.05) is 60.2 Å². The number of aliphatic imine (C=N–C) groups is 1. The molecule has 0 spiro atoms. The number of rotatable bonds is 9. The van der Waals surface area contributed by atoms with Gasteiger partial charge in [-0.15, -0.1) is 24.0 Å². The average molecular weight is 477 g/mol. The van der Waals surface area contributed by atoms with E-state index in [4.69, 9.17) is 14.2 Å². The van der Waals surface area contributed by atoms with Gasteiger partial charge in [0, 0.05) is 33.2 Å². The lowest BCUT2D eigenvalue weighted by molar-refractivity contribution is 0.0536. The van der Waals surface area contributed by atoms with E-state index >= 15 is 0 Å². The number of guanidine groups is 1. The summed E-state index contributed by atoms with van der Waals surface area (Å²) in [6.45, 7) is 7.50. The lowest BCUT2D eigenvalue weighted by atomic mass is 10.1. The Balaban J connectivity index is 0.00000338. The van der Waals surface area contributed by atoms with Gasteiger partial charge in [0.2, 0.25) is 0 Å². The van der Waals surface area contributed by atoms with Gasteiger partial charge in [-0.05, 0) is 25.5 Å². The molecule has 1 N–H and O–H groups in total. The Morgan fingerprint density at radius 2 is 2.00 bits per heavy atom. The van der Waals surface area contributed by atoms with Crippen LogP contribution in [-0.2, 0) is 9.47 Å². The summed E-state index contributed by atoms with van der Waals surface area (Å²) in [5.74, 6) is 2.39. The third-order valence-electron chi connectivity index (χ3n) is 4.26. The van der Waals surface area contributed by atoms with Crippen LogP contribution < -0.4 is 10.1 Å². The molecule has 1 fully saturated rings. The first-order valence-corrected chi connectivity index (χ1v) is 8.94. The second-order valence-electron chi connectivity index (χ2n) is 6.30. The van der Waals surface area contributed by atoms with Crippen molar-refractivity contribution in [2.45, 2.75) is 13.3 Å². The van der Waals surface area contributed by atoms with Crippen LogP contribution in [0.5, 0.6) is 5.75 Å². The molecule has 0 aromatic heterocycles. The average Bonchev–Trinajstić information content (AvgIpc) is 3.09. The molecule has 148 valence electrons. The van der Waals surface area contributed by atoms with Crippen molar-refractivity contribution in [3.05, 3.63) is 29.8 Å². The first-order chi connectivity index (χ1) is 12.2. The topological polar surface area (TPSA) is 55.3 Å². The lowest BCUT2D eigenvalue weighted by Crippen LogP contribution is -2.41. The summed E-state index contributed by atoms with van der Waals surface area (Å²) in [4.78, 5) is 6.67. The fourth-order valence-electron chi connectivity index (χ4n) is 2.85. The van der Waals surface area contributed by atoms with Crippen molar-refractivity contribution in [1.29, 1.82) is 0 Å². The Bertz CT molecular complexity index is 525. The molecule has 1 aromatic rings. The normalized spacial score (nSPS) is 17.1. The molecular formula is C19H32IN3O3. The van der Waals surface area contributed by atoms with Gasteiger partial charge in [0.15, 0.2) is 5.96 Å². The molecule has 1 heterocycles. The van der Waals surface area contributed by atoms with E-state index in [1.54, 1.807) is 7.11 Å². The van der Waals surface area contributed by atoms with Crippen LogP contribution in [0.15, 0.2) is 29.3 Å². The molecule has 0 amide bonds. The maximum Gasteiger partial charge on any atom is 0.193 e. The van der Waals surface area contributed by atoms with Gasteiger partial charge < -0.3 is 24.4 Å². The van der Waals surface area contributed by atoms with Gasteiger partial charge in [-0.1, -0.05) is 17.7 Å². The molecule has 0 aliphatic carbocycles. The van der Waals surface area contributed by atoms with Crippen molar-refractivity contribution in [2.24, 2.45) is 10.9 Å². The van der Waals surface area contributed by atoms with Crippen molar-refractivity contribution in [3.8, 4) is 5.75 Å². The Kier molecular flexibility index (Phi) is 11.6. The summed E-state index contributed by atoms with van der Waals surface area (Å²) in [6.07, 6.45) is 1.13. The molecule has 0 saturated carbocycles. The van der Waals surface area contributed by atoms with Crippen LogP contribution in [0.1, 0.15) is 12.0 Å². The van der Waals surface area contributed by atoms with Gasteiger partial charge in [0.05, 0.1) is 26.4 Å². The first kappa shape index (κ1) is 23.0. The fraction of sp³-hybridized carbons (Fsp3) is 0.632. The number of halogens is 1. The van der Waals surface area contributed by atoms with Crippen molar-refractivity contribution < 1.29 is 14.2 Å². The van der Waals surface area contributed by atoms with Crippen LogP contribution in [0.2, 0.25) is 0 Å². The van der Waals surface area contributed by atoms with Crippen LogP contribution >= 0.6 is 24.0 Å². The molecule has 26 heavy (non-hydrogen) atoms. The van der Waals surface area contributed by atoms with E-state index in [0.29, 0.717) is 25.7 Å². The molecule has 1 saturated heterocycles. The zero-order valence-electron chi connectivity index (χ0n) is 16.1. The van der Waals surface area contributed by atoms with Crippen LogP contribution in [0.4, 0.5) is 0 Å². The second-order valence-corrected chi connectivity index (χ2v) is 6.30. The van der Waals surface area contributed by atoms with Crippen molar-refractivity contribution >= 4 is 29.9 Å². The Morgan fingerprint density at radius 3 is 2.69 bits per heavy atom. The fourth-order valence-corrected chi connectivity index (χ4v) is 2.85. The van der Waals surface area contributed by atoms with Gasteiger partial charge in [-0.25, -0.2) is 0 Å². The number of nitrogens with zero attached hydrogens (tertiary/aromatic N) is 2. The van der Waals surface area contributed by atoms with Crippen LogP contribution in [0.3, 0.4) is 0 Å². The standard InChI is InChI=1S/C19H31N3O3.HI/c1-16-4-6-18(7-5-16)25-11-9-21-19(20-2)22-10-8-17(14-22)15-24-13-12-23-3;/h4-7,17H,8-15H2,1-3H3,(H,20,21);1H. The molecule has 6 nitrogen and oxygen atoms in total. The SMILES string of the molecule is CN=C(NCCOc1ccc(C)cc1)N1CCC(COCCOC)C1.I. The van der Waals surface area contributed by atoms with Gasteiger partial charge >= 0.3 is 0 Å². The maximum absolute atomic E-state index is 5.75. The van der Waals surface area contributed by atoms with Crippen LogP contribution in [-0.4, -0.2) is 71.1 Å². The number of benzene rings is 1. The largest absolute Gasteiger partial charge is 0.492 e. The van der Waals surface area contributed by atoms with Crippen molar-refractivity contribution in [1.82, 2.24) is 10.2 Å². The summed E-state index contributed by atoms with van der Waals surface area (Å²) in [5.41, 5.74) is 1.24. The number of nitrogens with one attached hydrogen (secondary N) is 1. The monoisotopic (exact) mass is 477 g/mol. The lowest BCUT2D eigenvalue weighted by Gasteiger charge is -2.21. The third kappa shape index (κ3) is 8.09. The third-order valence-corrected chi connectivity index (χ3v) is 4.26. The molecule has 0 bridgehead atoms. The molecule has 1 aliphatic heterocycles. The van der Waals surface area contributed by atoms with E-state index in [0.717, 1.165) is 44.4 Å². The first-order valence-electron chi connectivity index (χ1n) is 8.94. The van der Waals surface area contributed by atoms with E-state index in [1.165, 1.54) is 5.56 Å². The molecule has 1 unspecified atom stereocenters. The summed E-state index contributed by atoms with van der Waals surface area (Å²) in [7, 11) is 3.52. The predicted molar refractivity (Wildman–Crippen MR) is 116 cm³/mol. The van der Waals surface area contributed by atoms with E-state index < -0.39 is 0 Å². The quantitative estimate of drug-likeness (QED) is 0.257. The number of likely N-dealkylation sites (tertiary alicyclic amines) is 1. The summed E-state index contributed by atoms with van der Waals surface area (Å²) in [5, 5.41) is 3.38.